The molecule has 1 aromatic rings. The van der Waals surface area contributed by atoms with Gasteiger partial charge in [-0.1, -0.05) is 55.6 Å². The third kappa shape index (κ3) is 3.95. The fourth-order valence-electron chi connectivity index (χ4n) is 2.12. The minimum Gasteiger partial charge on any atom is -0.412 e. The number of carbonyl (C=O) groups is 3. The van der Waals surface area contributed by atoms with Crippen LogP contribution < -0.4 is 0 Å². The average molecular weight is 324 g/mol. The number of ether oxygens (including phenoxy) is 2. The first kappa shape index (κ1) is 17.1. The van der Waals surface area contributed by atoms with Gasteiger partial charge in [0.25, 0.3) is 5.79 Å². The van der Waals surface area contributed by atoms with Crippen LogP contribution in [0.1, 0.15) is 10.4 Å². The van der Waals surface area contributed by atoms with E-state index in [-0.39, 0.29) is 5.78 Å². The summed E-state index contributed by atoms with van der Waals surface area (Å²) in [6, 6.07) is 8.78. The SMILES string of the molecule is C=CC(=O)OC1(OC(=O)C=C)C=CC(C(=O)c2ccccc2)C=C1. The van der Waals surface area contributed by atoms with E-state index in [9.17, 15) is 14.4 Å². The largest absolute Gasteiger partial charge is 0.412 e. The van der Waals surface area contributed by atoms with E-state index in [1.165, 1.54) is 24.3 Å². The molecule has 0 spiro atoms. The number of Topliss-reactive ketones (excluding diaryl/α,β-unsaturated/α-hetero) is 1. The highest BCUT2D eigenvalue weighted by atomic mass is 16.7. The maximum absolute atomic E-state index is 12.4. The molecule has 122 valence electrons. The topological polar surface area (TPSA) is 69.7 Å². The second kappa shape index (κ2) is 7.37. The Morgan fingerprint density at radius 1 is 0.917 bits per heavy atom. The van der Waals surface area contributed by atoms with Gasteiger partial charge in [-0.2, -0.15) is 0 Å². The molecule has 1 aliphatic carbocycles. The molecule has 24 heavy (non-hydrogen) atoms. The summed E-state index contributed by atoms with van der Waals surface area (Å²) in [5.74, 6) is -3.93. The normalized spacial score (nSPS) is 15.3. The van der Waals surface area contributed by atoms with Gasteiger partial charge >= 0.3 is 11.9 Å². The fraction of sp³-hybridized carbons (Fsp3) is 0.105. The first-order valence-electron chi connectivity index (χ1n) is 7.18. The van der Waals surface area contributed by atoms with Crippen molar-refractivity contribution in [1.29, 1.82) is 0 Å². The number of carbonyl (C=O) groups excluding carboxylic acids is 3. The highest BCUT2D eigenvalue weighted by molar-refractivity contribution is 6.00. The van der Waals surface area contributed by atoms with Crippen molar-refractivity contribution in [2.45, 2.75) is 5.79 Å². The number of hydrogen-bond donors (Lipinski definition) is 0. The molecular formula is C19H16O5. The van der Waals surface area contributed by atoms with Crippen molar-refractivity contribution in [2.24, 2.45) is 5.92 Å². The predicted molar refractivity (Wildman–Crippen MR) is 87.9 cm³/mol. The van der Waals surface area contributed by atoms with Crippen molar-refractivity contribution in [1.82, 2.24) is 0 Å². The number of hydrogen-bond acceptors (Lipinski definition) is 5. The zero-order valence-electron chi connectivity index (χ0n) is 12.9. The smallest absolute Gasteiger partial charge is 0.333 e. The van der Waals surface area contributed by atoms with E-state index in [0.717, 1.165) is 12.2 Å². The van der Waals surface area contributed by atoms with Crippen LogP contribution in [-0.2, 0) is 19.1 Å². The lowest BCUT2D eigenvalue weighted by Gasteiger charge is -2.29. The second-order valence-corrected chi connectivity index (χ2v) is 4.95. The van der Waals surface area contributed by atoms with Crippen LogP contribution in [-0.4, -0.2) is 23.5 Å². The standard InChI is InChI=1S/C19H16O5/c1-3-16(20)23-19(24-17(21)4-2)12-10-15(11-13-19)18(22)14-8-6-5-7-9-14/h3-13,15H,1-2H2. The molecule has 1 aromatic carbocycles. The van der Waals surface area contributed by atoms with Crippen LogP contribution in [0.15, 0.2) is 79.9 Å². The first-order valence-corrected chi connectivity index (χ1v) is 7.18. The Balaban J connectivity index is 2.22. The van der Waals surface area contributed by atoms with Crippen molar-refractivity contribution < 1.29 is 23.9 Å². The minimum absolute atomic E-state index is 0.123. The molecule has 1 aliphatic rings. The van der Waals surface area contributed by atoms with Crippen LogP contribution in [0.3, 0.4) is 0 Å². The molecule has 0 atom stereocenters. The average Bonchev–Trinajstić information content (AvgIpc) is 2.62. The lowest BCUT2D eigenvalue weighted by atomic mass is 9.92. The lowest BCUT2D eigenvalue weighted by Crippen LogP contribution is -2.37. The van der Waals surface area contributed by atoms with Crippen molar-refractivity contribution in [3.8, 4) is 0 Å². The summed E-state index contributed by atoms with van der Waals surface area (Å²) in [7, 11) is 0. The highest BCUT2D eigenvalue weighted by Crippen LogP contribution is 2.27. The zero-order valence-corrected chi connectivity index (χ0v) is 12.9. The first-order chi connectivity index (χ1) is 11.5. The number of benzene rings is 1. The maximum Gasteiger partial charge on any atom is 0.333 e. The van der Waals surface area contributed by atoms with E-state index in [1.54, 1.807) is 24.3 Å². The van der Waals surface area contributed by atoms with Crippen molar-refractivity contribution in [3.05, 3.63) is 85.5 Å². The van der Waals surface area contributed by atoms with Gasteiger partial charge in [-0.15, -0.1) is 0 Å². The summed E-state index contributed by atoms with van der Waals surface area (Å²) in [6.45, 7) is 6.60. The number of allylic oxidation sites excluding steroid dienone is 2. The molecule has 5 heteroatoms. The summed E-state index contributed by atoms with van der Waals surface area (Å²) >= 11 is 0. The molecular weight excluding hydrogens is 308 g/mol. The molecule has 0 saturated carbocycles. The van der Waals surface area contributed by atoms with E-state index in [2.05, 4.69) is 13.2 Å². The Morgan fingerprint density at radius 2 is 1.42 bits per heavy atom. The third-order valence-corrected chi connectivity index (χ3v) is 3.29. The van der Waals surface area contributed by atoms with Crippen LogP contribution in [0, 0.1) is 5.92 Å². The van der Waals surface area contributed by atoms with Crippen LogP contribution in [0.25, 0.3) is 0 Å². The third-order valence-electron chi connectivity index (χ3n) is 3.29. The Hall–Kier alpha value is -3.21. The minimum atomic E-state index is -1.72. The molecule has 0 amide bonds. The van der Waals surface area contributed by atoms with Crippen molar-refractivity contribution in [2.75, 3.05) is 0 Å². The van der Waals surface area contributed by atoms with Crippen LogP contribution in [0.4, 0.5) is 0 Å². The summed E-state index contributed by atoms with van der Waals surface area (Å²) in [5, 5.41) is 0. The number of esters is 2. The second-order valence-electron chi connectivity index (χ2n) is 4.95. The quantitative estimate of drug-likeness (QED) is 0.265. The monoisotopic (exact) mass is 324 g/mol. The maximum atomic E-state index is 12.4. The zero-order chi connectivity index (χ0) is 17.6. The van der Waals surface area contributed by atoms with Crippen LogP contribution >= 0.6 is 0 Å². The molecule has 0 aromatic heterocycles. The van der Waals surface area contributed by atoms with Gasteiger partial charge < -0.3 is 9.47 Å². The molecule has 0 unspecified atom stereocenters. The fourth-order valence-corrected chi connectivity index (χ4v) is 2.12. The predicted octanol–water partition coefficient (Wildman–Crippen LogP) is 2.77. The van der Waals surface area contributed by atoms with Gasteiger partial charge in [-0.25, -0.2) is 9.59 Å². The molecule has 0 fully saturated rings. The van der Waals surface area contributed by atoms with Crippen molar-refractivity contribution in [3.63, 3.8) is 0 Å². The van der Waals surface area contributed by atoms with Gasteiger partial charge in [-0.3, -0.25) is 4.79 Å². The summed E-state index contributed by atoms with van der Waals surface area (Å²) in [5.41, 5.74) is 0.551. The van der Waals surface area contributed by atoms with Gasteiger partial charge in [-0.05, 0) is 0 Å². The Labute approximate surface area is 139 Å². The van der Waals surface area contributed by atoms with E-state index < -0.39 is 23.6 Å². The van der Waals surface area contributed by atoms with Gasteiger partial charge in [0.15, 0.2) is 5.78 Å². The van der Waals surface area contributed by atoms with Crippen molar-refractivity contribution >= 4 is 17.7 Å². The Kier molecular flexibility index (Phi) is 5.27. The van der Waals surface area contributed by atoms with E-state index in [1.807, 2.05) is 6.07 Å². The molecule has 2 rings (SSSR count). The van der Waals surface area contributed by atoms with Crippen LogP contribution in [0.5, 0.6) is 0 Å². The molecule has 0 radical (unpaired) electrons. The molecule has 0 aliphatic heterocycles. The Bertz CT molecular complexity index is 689. The molecule has 5 nitrogen and oxygen atoms in total. The van der Waals surface area contributed by atoms with Crippen LogP contribution in [0.2, 0.25) is 0 Å². The number of ketones is 1. The van der Waals surface area contributed by atoms with Gasteiger partial charge in [0.1, 0.15) is 0 Å². The van der Waals surface area contributed by atoms with E-state index >= 15 is 0 Å². The summed E-state index contributed by atoms with van der Waals surface area (Å²) in [6.07, 6.45) is 7.63. The molecule has 0 bridgehead atoms. The van der Waals surface area contributed by atoms with Gasteiger partial charge in [0.2, 0.25) is 0 Å². The lowest BCUT2D eigenvalue weighted by molar-refractivity contribution is -0.191. The van der Waals surface area contributed by atoms with Gasteiger partial charge in [0.05, 0.1) is 5.92 Å². The Morgan fingerprint density at radius 3 is 1.88 bits per heavy atom. The molecule has 0 N–H and O–H groups in total. The molecule has 0 heterocycles. The van der Waals surface area contributed by atoms with Gasteiger partial charge in [0, 0.05) is 29.9 Å². The number of rotatable bonds is 6. The van der Waals surface area contributed by atoms with E-state index in [4.69, 9.17) is 9.47 Å². The highest BCUT2D eigenvalue weighted by Gasteiger charge is 2.35. The van der Waals surface area contributed by atoms with E-state index in [0.29, 0.717) is 5.56 Å². The summed E-state index contributed by atoms with van der Waals surface area (Å²) < 4.78 is 10.2. The molecule has 0 saturated heterocycles. The summed E-state index contributed by atoms with van der Waals surface area (Å²) in [4.78, 5) is 35.4.